The molecule has 4 aromatic rings. The molecule has 0 aliphatic rings. The Kier molecular flexibility index (Phi) is 3.46. The van der Waals surface area contributed by atoms with Crippen molar-refractivity contribution in [1.82, 2.24) is 14.5 Å². The first-order valence-corrected chi connectivity index (χ1v) is 8.58. The van der Waals surface area contributed by atoms with E-state index in [1.54, 1.807) is 7.11 Å². The number of nitrogens with two attached hydrogens (primary N) is 1. The van der Waals surface area contributed by atoms with Gasteiger partial charge in [0.15, 0.2) is 5.13 Å². The van der Waals surface area contributed by atoms with Gasteiger partial charge in [0.1, 0.15) is 5.75 Å². The Hall–Kier alpha value is -2.12. The monoisotopic (exact) mass is 388 g/mol. The molecule has 2 aromatic heterocycles. The van der Waals surface area contributed by atoms with Crippen molar-refractivity contribution in [2.75, 3.05) is 12.8 Å². The van der Waals surface area contributed by atoms with Gasteiger partial charge in [0.05, 0.1) is 39.2 Å². The Morgan fingerprint density at radius 2 is 2.13 bits per heavy atom. The number of ether oxygens (including phenoxy) is 1. The van der Waals surface area contributed by atoms with Crippen LogP contribution in [0.15, 0.2) is 41.1 Å². The lowest BCUT2D eigenvalue weighted by Crippen LogP contribution is -1.98. The normalized spacial score (nSPS) is 11.4. The Bertz CT molecular complexity index is 1020. The van der Waals surface area contributed by atoms with E-state index < -0.39 is 0 Å². The first-order chi connectivity index (χ1) is 11.1. The van der Waals surface area contributed by atoms with Crippen LogP contribution in [0.5, 0.6) is 5.75 Å². The van der Waals surface area contributed by atoms with Crippen molar-refractivity contribution in [2.45, 2.75) is 6.54 Å². The van der Waals surface area contributed by atoms with Gasteiger partial charge in [-0.15, -0.1) is 0 Å². The Morgan fingerprint density at radius 1 is 1.26 bits per heavy atom. The topological polar surface area (TPSA) is 66.0 Å². The van der Waals surface area contributed by atoms with Crippen molar-refractivity contribution < 1.29 is 4.74 Å². The lowest BCUT2D eigenvalue weighted by Gasteiger charge is -2.07. The van der Waals surface area contributed by atoms with Crippen LogP contribution >= 0.6 is 27.3 Å². The second-order valence-corrected chi connectivity index (χ2v) is 7.12. The Morgan fingerprint density at radius 3 is 2.96 bits per heavy atom. The van der Waals surface area contributed by atoms with Gasteiger partial charge < -0.3 is 15.0 Å². The van der Waals surface area contributed by atoms with Gasteiger partial charge in [-0.1, -0.05) is 17.4 Å². The molecule has 2 aromatic carbocycles. The number of thiazole rings is 1. The first kappa shape index (κ1) is 14.5. The highest BCUT2D eigenvalue weighted by molar-refractivity contribution is 9.10. The summed E-state index contributed by atoms with van der Waals surface area (Å²) in [6.07, 6.45) is 1.85. The largest absolute Gasteiger partial charge is 0.495 e. The predicted molar refractivity (Wildman–Crippen MR) is 97.1 cm³/mol. The van der Waals surface area contributed by atoms with E-state index in [0.717, 1.165) is 38.0 Å². The SMILES string of the molecule is COc1cc2c(cc1Br)ncn2Cc1ccc2nc(N)sc2c1. The van der Waals surface area contributed by atoms with Crippen molar-refractivity contribution in [3.63, 3.8) is 0 Å². The van der Waals surface area contributed by atoms with Gasteiger partial charge in [-0.05, 0) is 39.7 Å². The molecular weight excluding hydrogens is 376 g/mol. The van der Waals surface area contributed by atoms with E-state index in [4.69, 9.17) is 10.5 Å². The third-order valence-electron chi connectivity index (χ3n) is 3.72. The van der Waals surface area contributed by atoms with Crippen LogP contribution in [-0.2, 0) is 6.54 Å². The maximum absolute atomic E-state index is 5.77. The van der Waals surface area contributed by atoms with E-state index in [2.05, 4.69) is 42.6 Å². The molecule has 2 N–H and O–H groups in total. The number of rotatable bonds is 3. The van der Waals surface area contributed by atoms with E-state index in [0.29, 0.717) is 5.13 Å². The maximum Gasteiger partial charge on any atom is 0.181 e. The van der Waals surface area contributed by atoms with Crippen LogP contribution in [0.25, 0.3) is 21.3 Å². The number of halogens is 1. The molecule has 0 radical (unpaired) electrons. The molecule has 7 heteroatoms. The highest BCUT2D eigenvalue weighted by Crippen LogP contribution is 2.30. The number of anilines is 1. The number of methoxy groups -OCH3 is 1. The molecule has 0 amide bonds. The average molecular weight is 389 g/mol. The van der Waals surface area contributed by atoms with Crippen LogP contribution < -0.4 is 10.5 Å². The molecule has 0 spiro atoms. The number of hydrogen-bond donors (Lipinski definition) is 1. The van der Waals surface area contributed by atoms with Gasteiger partial charge in [-0.25, -0.2) is 9.97 Å². The third-order valence-corrected chi connectivity index (χ3v) is 5.18. The summed E-state index contributed by atoms with van der Waals surface area (Å²) in [6, 6.07) is 10.2. The highest BCUT2D eigenvalue weighted by atomic mass is 79.9. The standard InChI is InChI=1S/C16H13BrN4OS/c1-22-14-6-13-12(5-10(14)17)19-8-21(13)7-9-2-3-11-15(4-9)23-16(18)20-11/h2-6,8H,7H2,1H3,(H2,18,20). The Labute approximate surface area is 144 Å². The number of imidazole rings is 1. The molecule has 0 saturated carbocycles. The molecule has 0 unspecified atom stereocenters. The fourth-order valence-electron chi connectivity index (χ4n) is 2.62. The fraction of sp³-hybridized carbons (Fsp3) is 0.125. The summed E-state index contributed by atoms with van der Waals surface area (Å²) in [6.45, 7) is 0.731. The minimum Gasteiger partial charge on any atom is -0.495 e. The predicted octanol–water partition coefficient (Wildman–Crippen LogP) is 4.05. The lowest BCUT2D eigenvalue weighted by molar-refractivity contribution is 0.412. The maximum atomic E-state index is 5.77. The van der Waals surface area contributed by atoms with E-state index in [-0.39, 0.29) is 0 Å². The van der Waals surface area contributed by atoms with Crippen molar-refractivity contribution in [2.24, 2.45) is 0 Å². The van der Waals surface area contributed by atoms with Gasteiger partial charge >= 0.3 is 0 Å². The van der Waals surface area contributed by atoms with Crippen molar-refractivity contribution in [3.8, 4) is 5.75 Å². The van der Waals surface area contributed by atoms with E-state index >= 15 is 0 Å². The Balaban J connectivity index is 1.76. The lowest BCUT2D eigenvalue weighted by atomic mass is 10.2. The summed E-state index contributed by atoms with van der Waals surface area (Å²) in [5.74, 6) is 0.796. The molecule has 2 heterocycles. The summed E-state index contributed by atoms with van der Waals surface area (Å²) in [5.41, 5.74) is 9.86. The molecule has 0 fully saturated rings. The quantitative estimate of drug-likeness (QED) is 0.574. The highest BCUT2D eigenvalue weighted by Gasteiger charge is 2.09. The molecule has 0 aliphatic carbocycles. The number of benzene rings is 2. The smallest absolute Gasteiger partial charge is 0.181 e. The summed E-state index contributed by atoms with van der Waals surface area (Å²) in [4.78, 5) is 8.75. The van der Waals surface area contributed by atoms with Crippen molar-refractivity contribution >= 4 is 53.6 Å². The van der Waals surface area contributed by atoms with Crippen LogP contribution in [0, 0.1) is 0 Å². The zero-order valence-electron chi connectivity index (χ0n) is 12.3. The molecule has 23 heavy (non-hydrogen) atoms. The van der Waals surface area contributed by atoms with E-state index in [1.807, 2.05) is 24.5 Å². The third kappa shape index (κ3) is 2.55. The zero-order valence-corrected chi connectivity index (χ0v) is 14.7. The molecule has 0 saturated heterocycles. The van der Waals surface area contributed by atoms with Crippen LogP contribution in [0.3, 0.4) is 0 Å². The minimum absolute atomic E-state index is 0.597. The summed E-state index contributed by atoms with van der Waals surface area (Å²) in [7, 11) is 1.66. The number of fused-ring (bicyclic) bond motifs is 2. The summed E-state index contributed by atoms with van der Waals surface area (Å²) in [5, 5.41) is 0.597. The van der Waals surface area contributed by atoms with Crippen molar-refractivity contribution in [1.29, 1.82) is 0 Å². The molecule has 5 nitrogen and oxygen atoms in total. The van der Waals surface area contributed by atoms with E-state index in [9.17, 15) is 0 Å². The first-order valence-electron chi connectivity index (χ1n) is 6.97. The van der Waals surface area contributed by atoms with Crippen LogP contribution in [0.2, 0.25) is 0 Å². The van der Waals surface area contributed by atoms with Gasteiger partial charge in [-0.3, -0.25) is 0 Å². The van der Waals surface area contributed by atoms with Gasteiger partial charge in [-0.2, -0.15) is 0 Å². The number of nitrogen functional groups attached to an aromatic ring is 1. The van der Waals surface area contributed by atoms with Crippen LogP contribution in [0.4, 0.5) is 5.13 Å². The summed E-state index contributed by atoms with van der Waals surface area (Å²) >= 11 is 5.00. The molecular formula is C16H13BrN4OS. The van der Waals surface area contributed by atoms with Crippen LogP contribution in [-0.4, -0.2) is 21.6 Å². The van der Waals surface area contributed by atoms with Gasteiger partial charge in [0.25, 0.3) is 0 Å². The number of hydrogen-bond acceptors (Lipinski definition) is 5. The molecule has 4 rings (SSSR count). The van der Waals surface area contributed by atoms with Crippen molar-refractivity contribution in [3.05, 3.63) is 46.7 Å². The second-order valence-electron chi connectivity index (χ2n) is 5.20. The van der Waals surface area contributed by atoms with Gasteiger partial charge in [0.2, 0.25) is 0 Å². The fourth-order valence-corrected chi connectivity index (χ4v) is 3.92. The van der Waals surface area contributed by atoms with Gasteiger partial charge in [0, 0.05) is 12.6 Å². The summed E-state index contributed by atoms with van der Waals surface area (Å²) < 4.78 is 9.49. The number of aromatic nitrogens is 3. The molecule has 0 aliphatic heterocycles. The van der Waals surface area contributed by atoms with E-state index in [1.165, 1.54) is 16.9 Å². The minimum atomic E-state index is 0.597. The number of nitrogens with zero attached hydrogens (tertiary/aromatic N) is 3. The zero-order chi connectivity index (χ0) is 16.0. The van der Waals surface area contributed by atoms with Crippen LogP contribution in [0.1, 0.15) is 5.56 Å². The molecule has 0 bridgehead atoms. The average Bonchev–Trinajstić information content (AvgIpc) is 3.08. The molecule has 0 atom stereocenters. The second kappa shape index (κ2) is 5.50. The molecule has 116 valence electrons.